The third-order valence-corrected chi connectivity index (χ3v) is 4.02. The predicted molar refractivity (Wildman–Crippen MR) is 108 cm³/mol. The Kier molecular flexibility index (Phi) is 6.65. The van der Waals surface area contributed by atoms with Gasteiger partial charge in [0.25, 0.3) is 0 Å². The summed E-state index contributed by atoms with van der Waals surface area (Å²) >= 11 is 3.53. The molecule has 3 aromatic rings. The second kappa shape index (κ2) is 8.93. The number of aryl methyl sites for hydroxylation is 1. The standard InChI is InChI=1S/C20H16N2O2.CH4S/c1-2-22-13-17(12-21)18(19(22)20(23)24)16-10-8-15(9-11-16)14-6-4-3-5-7-14;1-2/h3-11,13H,2H2,1H3,(H,23,24);2H,1H3. The Bertz CT molecular complexity index is 923. The van der Waals surface area contributed by atoms with Crippen LogP contribution in [0.25, 0.3) is 22.3 Å². The molecule has 0 saturated heterocycles. The Morgan fingerprint density at radius 1 is 1.04 bits per heavy atom. The van der Waals surface area contributed by atoms with Gasteiger partial charge in [-0.1, -0.05) is 54.6 Å². The number of aromatic carboxylic acids is 1. The van der Waals surface area contributed by atoms with E-state index in [2.05, 4.69) is 18.7 Å². The molecule has 0 aliphatic rings. The molecule has 0 spiro atoms. The lowest BCUT2D eigenvalue weighted by Gasteiger charge is -2.07. The Morgan fingerprint density at radius 2 is 1.58 bits per heavy atom. The van der Waals surface area contributed by atoms with Crippen LogP contribution in [0, 0.1) is 11.3 Å². The first-order chi connectivity index (χ1) is 12.7. The molecule has 0 aliphatic heterocycles. The fraction of sp³-hybridized carbons (Fsp3) is 0.143. The molecule has 5 heteroatoms. The van der Waals surface area contributed by atoms with Crippen LogP contribution in [0.3, 0.4) is 0 Å². The van der Waals surface area contributed by atoms with Crippen molar-refractivity contribution in [2.24, 2.45) is 0 Å². The number of nitrogens with zero attached hydrogens (tertiary/aromatic N) is 2. The van der Waals surface area contributed by atoms with Gasteiger partial charge in [-0.25, -0.2) is 4.79 Å². The van der Waals surface area contributed by atoms with Crippen LogP contribution in [0.2, 0.25) is 0 Å². The maximum Gasteiger partial charge on any atom is 0.353 e. The maximum atomic E-state index is 11.7. The van der Waals surface area contributed by atoms with E-state index in [0.29, 0.717) is 17.7 Å². The number of carbonyl (C=O) groups is 1. The van der Waals surface area contributed by atoms with Crippen LogP contribution in [-0.2, 0) is 6.54 Å². The zero-order valence-electron chi connectivity index (χ0n) is 14.7. The lowest BCUT2D eigenvalue weighted by atomic mass is 9.98. The molecule has 2 aromatic carbocycles. The SMILES string of the molecule is CCn1cc(C#N)c(-c2ccc(-c3ccccc3)cc2)c1C(=O)O.CS. The van der Waals surface area contributed by atoms with Crippen LogP contribution in [0.15, 0.2) is 60.8 Å². The molecule has 1 heterocycles. The Hall–Kier alpha value is -2.97. The Balaban J connectivity index is 0.00000117. The molecule has 0 atom stereocenters. The van der Waals surface area contributed by atoms with Crippen molar-refractivity contribution in [3.63, 3.8) is 0 Å². The van der Waals surface area contributed by atoms with E-state index in [4.69, 9.17) is 0 Å². The highest BCUT2D eigenvalue weighted by molar-refractivity contribution is 7.79. The topological polar surface area (TPSA) is 66.0 Å². The summed E-state index contributed by atoms with van der Waals surface area (Å²) in [5.41, 5.74) is 3.88. The first kappa shape index (κ1) is 19.4. The van der Waals surface area contributed by atoms with Crippen molar-refractivity contribution in [3.8, 4) is 28.3 Å². The summed E-state index contributed by atoms with van der Waals surface area (Å²) in [6.45, 7) is 2.36. The summed E-state index contributed by atoms with van der Waals surface area (Å²) in [5, 5.41) is 18.9. The summed E-state index contributed by atoms with van der Waals surface area (Å²) < 4.78 is 1.60. The maximum absolute atomic E-state index is 11.7. The number of rotatable bonds is 4. The van der Waals surface area contributed by atoms with Gasteiger partial charge in [0.15, 0.2) is 0 Å². The van der Waals surface area contributed by atoms with E-state index in [1.54, 1.807) is 17.0 Å². The van der Waals surface area contributed by atoms with E-state index in [1.165, 1.54) is 0 Å². The van der Waals surface area contributed by atoms with Gasteiger partial charge >= 0.3 is 5.97 Å². The molecular formula is C21H20N2O2S. The minimum atomic E-state index is -1.03. The molecule has 0 radical (unpaired) electrons. The molecule has 0 aliphatic carbocycles. The number of nitriles is 1. The van der Waals surface area contributed by atoms with Gasteiger partial charge in [0.05, 0.1) is 5.56 Å². The molecule has 0 unspecified atom stereocenters. The highest BCUT2D eigenvalue weighted by Gasteiger charge is 2.22. The summed E-state index contributed by atoms with van der Waals surface area (Å²) in [6, 6.07) is 19.7. The van der Waals surface area contributed by atoms with Crippen LogP contribution in [0.5, 0.6) is 0 Å². The number of benzene rings is 2. The van der Waals surface area contributed by atoms with Gasteiger partial charge in [0.2, 0.25) is 0 Å². The third-order valence-electron chi connectivity index (χ3n) is 4.02. The van der Waals surface area contributed by atoms with Crippen LogP contribution in [-0.4, -0.2) is 21.9 Å². The summed E-state index contributed by atoms with van der Waals surface area (Å²) in [5.74, 6) is -1.03. The van der Waals surface area contributed by atoms with Crippen molar-refractivity contribution in [2.45, 2.75) is 13.5 Å². The van der Waals surface area contributed by atoms with Crippen molar-refractivity contribution in [1.29, 1.82) is 5.26 Å². The summed E-state index contributed by atoms with van der Waals surface area (Å²) in [6.07, 6.45) is 3.30. The van der Waals surface area contributed by atoms with E-state index >= 15 is 0 Å². The van der Waals surface area contributed by atoms with Gasteiger partial charge in [-0.2, -0.15) is 17.9 Å². The van der Waals surface area contributed by atoms with Crippen LogP contribution in [0.4, 0.5) is 0 Å². The molecule has 26 heavy (non-hydrogen) atoms. The zero-order valence-corrected chi connectivity index (χ0v) is 15.6. The largest absolute Gasteiger partial charge is 0.477 e. The predicted octanol–water partition coefficient (Wildman–Crippen LogP) is 4.96. The fourth-order valence-corrected chi connectivity index (χ4v) is 2.87. The van der Waals surface area contributed by atoms with Crippen molar-refractivity contribution < 1.29 is 9.90 Å². The highest BCUT2D eigenvalue weighted by Crippen LogP contribution is 2.31. The van der Waals surface area contributed by atoms with E-state index in [9.17, 15) is 15.2 Å². The second-order valence-corrected chi connectivity index (χ2v) is 5.41. The van der Waals surface area contributed by atoms with Crippen LogP contribution < -0.4 is 0 Å². The number of carboxylic acid groups (broad SMARTS) is 1. The van der Waals surface area contributed by atoms with E-state index < -0.39 is 5.97 Å². The van der Waals surface area contributed by atoms with Gasteiger partial charge in [0, 0.05) is 18.3 Å². The van der Waals surface area contributed by atoms with Gasteiger partial charge in [-0.15, -0.1) is 0 Å². The van der Waals surface area contributed by atoms with Gasteiger partial charge < -0.3 is 9.67 Å². The average Bonchev–Trinajstić information content (AvgIpc) is 3.09. The molecule has 1 N–H and O–H groups in total. The van der Waals surface area contributed by atoms with Crippen LogP contribution in [0.1, 0.15) is 23.0 Å². The number of carboxylic acids is 1. The van der Waals surface area contributed by atoms with Crippen LogP contribution >= 0.6 is 12.6 Å². The average molecular weight is 364 g/mol. The van der Waals surface area contributed by atoms with Gasteiger partial charge in [-0.3, -0.25) is 0 Å². The third kappa shape index (κ3) is 3.81. The lowest BCUT2D eigenvalue weighted by Crippen LogP contribution is -2.07. The molecule has 0 bridgehead atoms. The van der Waals surface area contributed by atoms with E-state index in [0.717, 1.165) is 16.7 Å². The van der Waals surface area contributed by atoms with Gasteiger partial charge in [0.1, 0.15) is 11.8 Å². The normalized spacial score (nSPS) is 9.77. The highest BCUT2D eigenvalue weighted by atomic mass is 32.1. The quantitative estimate of drug-likeness (QED) is 0.643. The first-order valence-electron chi connectivity index (χ1n) is 8.12. The van der Waals surface area contributed by atoms with E-state index in [1.807, 2.05) is 61.5 Å². The van der Waals surface area contributed by atoms with Crippen molar-refractivity contribution in [3.05, 3.63) is 72.1 Å². The Morgan fingerprint density at radius 3 is 2.08 bits per heavy atom. The molecule has 0 fully saturated rings. The minimum absolute atomic E-state index is 0.154. The lowest BCUT2D eigenvalue weighted by molar-refractivity contribution is 0.0686. The first-order valence-corrected chi connectivity index (χ1v) is 9.02. The molecule has 1 aromatic heterocycles. The number of aromatic nitrogens is 1. The summed E-state index contributed by atoms with van der Waals surface area (Å²) in [4.78, 5) is 11.7. The molecule has 0 saturated carbocycles. The minimum Gasteiger partial charge on any atom is -0.477 e. The van der Waals surface area contributed by atoms with Crippen molar-refractivity contribution in [2.75, 3.05) is 6.26 Å². The fourth-order valence-electron chi connectivity index (χ4n) is 2.87. The molecule has 4 nitrogen and oxygen atoms in total. The van der Waals surface area contributed by atoms with Crippen molar-refractivity contribution in [1.82, 2.24) is 4.57 Å². The smallest absolute Gasteiger partial charge is 0.353 e. The van der Waals surface area contributed by atoms with E-state index in [-0.39, 0.29) is 5.69 Å². The van der Waals surface area contributed by atoms with Gasteiger partial charge in [-0.05, 0) is 29.9 Å². The molecule has 0 amide bonds. The monoisotopic (exact) mass is 364 g/mol. The molecular weight excluding hydrogens is 344 g/mol. The number of hydrogen-bond acceptors (Lipinski definition) is 3. The molecule has 132 valence electrons. The zero-order chi connectivity index (χ0) is 19.1. The number of hydrogen-bond donors (Lipinski definition) is 2. The molecule has 3 rings (SSSR count). The summed E-state index contributed by atoms with van der Waals surface area (Å²) in [7, 11) is 0. The number of thiol groups is 1. The second-order valence-electron chi connectivity index (χ2n) is 5.41. The Labute approximate surface area is 158 Å². The van der Waals surface area contributed by atoms with Crippen molar-refractivity contribution >= 4 is 18.6 Å².